The lowest BCUT2D eigenvalue weighted by Crippen LogP contribution is -2.52. The van der Waals surface area contributed by atoms with Gasteiger partial charge in [-0.1, -0.05) is 0 Å². The SMILES string of the molecule is NC1NCNC2=C1NCN2C1CCCCO1. The van der Waals surface area contributed by atoms with Gasteiger partial charge in [0.2, 0.25) is 0 Å². The summed E-state index contributed by atoms with van der Waals surface area (Å²) in [7, 11) is 0. The molecule has 1 fully saturated rings. The average molecular weight is 225 g/mol. The molecule has 3 rings (SSSR count). The van der Waals surface area contributed by atoms with Crippen molar-refractivity contribution < 1.29 is 4.74 Å². The number of rotatable bonds is 1. The topological polar surface area (TPSA) is 74.6 Å². The average Bonchev–Trinajstić information content (AvgIpc) is 2.75. The molecular formula is C10H19N5O. The molecule has 3 aliphatic rings. The van der Waals surface area contributed by atoms with Crippen LogP contribution in [0.1, 0.15) is 19.3 Å². The predicted octanol–water partition coefficient (Wildman–Crippen LogP) is -1.02. The monoisotopic (exact) mass is 225 g/mol. The number of nitrogens with zero attached hydrogens (tertiary/aromatic N) is 1. The predicted molar refractivity (Wildman–Crippen MR) is 59.6 cm³/mol. The van der Waals surface area contributed by atoms with Gasteiger partial charge in [-0.05, 0) is 19.3 Å². The molecule has 2 atom stereocenters. The largest absolute Gasteiger partial charge is 0.366 e. The van der Waals surface area contributed by atoms with E-state index in [-0.39, 0.29) is 12.4 Å². The quantitative estimate of drug-likeness (QED) is 0.458. The third-order valence-electron chi connectivity index (χ3n) is 3.37. The summed E-state index contributed by atoms with van der Waals surface area (Å²) >= 11 is 0. The van der Waals surface area contributed by atoms with E-state index in [0.717, 1.165) is 31.2 Å². The Morgan fingerprint density at radius 1 is 1.31 bits per heavy atom. The molecule has 0 spiro atoms. The highest BCUT2D eigenvalue weighted by Crippen LogP contribution is 2.24. The van der Waals surface area contributed by atoms with Crippen LogP contribution in [-0.2, 0) is 4.74 Å². The van der Waals surface area contributed by atoms with Crippen LogP contribution < -0.4 is 21.7 Å². The maximum atomic E-state index is 5.97. The first kappa shape index (κ1) is 10.2. The summed E-state index contributed by atoms with van der Waals surface area (Å²) in [6.45, 7) is 2.37. The van der Waals surface area contributed by atoms with Crippen molar-refractivity contribution in [2.75, 3.05) is 19.9 Å². The number of nitrogens with one attached hydrogen (secondary N) is 3. The van der Waals surface area contributed by atoms with Crippen LogP contribution in [0.5, 0.6) is 0 Å². The van der Waals surface area contributed by atoms with Gasteiger partial charge in [0.05, 0.1) is 19.0 Å². The van der Waals surface area contributed by atoms with E-state index in [4.69, 9.17) is 10.5 Å². The molecule has 0 amide bonds. The second-order valence-corrected chi connectivity index (χ2v) is 4.42. The van der Waals surface area contributed by atoms with Gasteiger partial charge < -0.3 is 26.0 Å². The molecule has 2 unspecified atom stereocenters. The Bertz CT molecular complexity index is 300. The van der Waals surface area contributed by atoms with E-state index in [9.17, 15) is 0 Å². The highest BCUT2D eigenvalue weighted by Gasteiger charge is 2.33. The first-order valence-electron chi connectivity index (χ1n) is 5.95. The number of hydrogen-bond donors (Lipinski definition) is 4. The molecule has 0 aromatic heterocycles. The van der Waals surface area contributed by atoms with Crippen molar-refractivity contribution in [3.05, 3.63) is 11.5 Å². The normalized spacial score (nSPS) is 34.4. The molecule has 6 heteroatoms. The van der Waals surface area contributed by atoms with Crippen molar-refractivity contribution in [3.63, 3.8) is 0 Å². The van der Waals surface area contributed by atoms with Crippen molar-refractivity contribution >= 4 is 0 Å². The zero-order valence-corrected chi connectivity index (χ0v) is 9.33. The standard InChI is InChI=1S/C10H19N5O/c11-9-8-10(13-5-12-9)15(6-14-8)7-3-1-2-4-16-7/h7,9,12-14H,1-6,11H2. The molecule has 0 aromatic carbocycles. The minimum atomic E-state index is -0.0927. The molecule has 16 heavy (non-hydrogen) atoms. The summed E-state index contributed by atoms with van der Waals surface area (Å²) in [5.41, 5.74) is 7.03. The summed E-state index contributed by atoms with van der Waals surface area (Å²) in [5, 5.41) is 9.82. The van der Waals surface area contributed by atoms with Gasteiger partial charge in [-0.3, -0.25) is 5.32 Å². The highest BCUT2D eigenvalue weighted by molar-refractivity contribution is 5.22. The van der Waals surface area contributed by atoms with Crippen molar-refractivity contribution in [2.45, 2.75) is 31.7 Å². The van der Waals surface area contributed by atoms with Gasteiger partial charge in [0, 0.05) is 6.61 Å². The molecule has 3 aliphatic heterocycles. The fourth-order valence-electron chi connectivity index (χ4n) is 2.50. The van der Waals surface area contributed by atoms with Gasteiger partial charge in [0.15, 0.2) is 0 Å². The number of ether oxygens (including phenoxy) is 1. The Labute approximate surface area is 95.2 Å². The Kier molecular flexibility index (Phi) is 2.62. The van der Waals surface area contributed by atoms with Gasteiger partial charge in [-0.15, -0.1) is 0 Å². The van der Waals surface area contributed by atoms with Crippen molar-refractivity contribution in [1.82, 2.24) is 20.9 Å². The van der Waals surface area contributed by atoms with Gasteiger partial charge in [0.25, 0.3) is 0 Å². The maximum Gasteiger partial charge on any atom is 0.132 e. The molecule has 0 bridgehead atoms. The van der Waals surface area contributed by atoms with Gasteiger partial charge in [0.1, 0.15) is 18.2 Å². The molecule has 0 saturated carbocycles. The second kappa shape index (κ2) is 4.12. The zero-order valence-electron chi connectivity index (χ0n) is 9.33. The third-order valence-corrected chi connectivity index (χ3v) is 3.37. The number of hydrogen-bond acceptors (Lipinski definition) is 6. The van der Waals surface area contributed by atoms with Crippen LogP contribution in [0, 0.1) is 0 Å². The molecule has 5 N–H and O–H groups in total. The Morgan fingerprint density at radius 3 is 3.06 bits per heavy atom. The van der Waals surface area contributed by atoms with Crippen molar-refractivity contribution in [3.8, 4) is 0 Å². The van der Waals surface area contributed by atoms with Crippen LogP contribution in [-0.4, -0.2) is 37.2 Å². The highest BCUT2D eigenvalue weighted by atomic mass is 16.5. The molecule has 0 aliphatic carbocycles. The van der Waals surface area contributed by atoms with Crippen LogP contribution >= 0.6 is 0 Å². The van der Waals surface area contributed by atoms with Crippen LogP contribution in [0.15, 0.2) is 11.5 Å². The molecule has 6 nitrogen and oxygen atoms in total. The second-order valence-electron chi connectivity index (χ2n) is 4.42. The molecular weight excluding hydrogens is 206 g/mol. The molecule has 3 heterocycles. The summed E-state index contributed by atoms with van der Waals surface area (Å²) in [6.07, 6.45) is 3.63. The fourth-order valence-corrected chi connectivity index (χ4v) is 2.50. The minimum absolute atomic E-state index is 0.0927. The van der Waals surface area contributed by atoms with Gasteiger partial charge in [-0.2, -0.15) is 0 Å². The smallest absolute Gasteiger partial charge is 0.132 e. The lowest BCUT2D eigenvalue weighted by atomic mass is 10.1. The maximum absolute atomic E-state index is 5.97. The summed E-state index contributed by atoms with van der Waals surface area (Å²) in [4.78, 5) is 2.25. The molecule has 90 valence electrons. The lowest BCUT2D eigenvalue weighted by molar-refractivity contribution is -0.0709. The van der Waals surface area contributed by atoms with Crippen LogP contribution in [0.3, 0.4) is 0 Å². The van der Waals surface area contributed by atoms with Crippen molar-refractivity contribution in [1.29, 1.82) is 0 Å². The molecule has 0 aromatic rings. The Balaban J connectivity index is 1.77. The van der Waals surface area contributed by atoms with E-state index in [2.05, 4.69) is 20.9 Å². The van der Waals surface area contributed by atoms with E-state index in [0.29, 0.717) is 6.67 Å². The van der Waals surface area contributed by atoms with Crippen LogP contribution in [0.2, 0.25) is 0 Å². The summed E-state index contributed by atoms with van der Waals surface area (Å²) < 4.78 is 5.80. The lowest BCUT2D eigenvalue weighted by Gasteiger charge is -2.35. The van der Waals surface area contributed by atoms with Gasteiger partial charge in [-0.25, -0.2) is 0 Å². The van der Waals surface area contributed by atoms with E-state index >= 15 is 0 Å². The summed E-state index contributed by atoms with van der Waals surface area (Å²) in [6, 6.07) is 0. The fraction of sp³-hybridized carbons (Fsp3) is 0.800. The Morgan fingerprint density at radius 2 is 2.25 bits per heavy atom. The van der Waals surface area contributed by atoms with Crippen LogP contribution in [0.4, 0.5) is 0 Å². The number of nitrogens with two attached hydrogens (primary N) is 1. The van der Waals surface area contributed by atoms with Gasteiger partial charge >= 0.3 is 0 Å². The van der Waals surface area contributed by atoms with Crippen molar-refractivity contribution in [2.24, 2.45) is 5.73 Å². The third kappa shape index (κ3) is 1.63. The van der Waals surface area contributed by atoms with Crippen LogP contribution in [0.25, 0.3) is 0 Å². The zero-order chi connectivity index (χ0) is 11.0. The molecule has 1 saturated heterocycles. The first-order chi connectivity index (χ1) is 7.86. The molecule has 0 radical (unpaired) electrons. The minimum Gasteiger partial charge on any atom is -0.366 e. The van der Waals surface area contributed by atoms with E-state index < -0.39 is 0 Å². The Hall–Kier alpha value is -0.980. The van der Waals surface area contributed by atoms with E-state index in [1.165, 1.54) is 12.8 Å². The summed E-state index contributed by atoms with van der Waals surface area (Å²) in [5.74, 6) is 1.11. The van der Waals surface area contributed by atoms with E-state index in [1.54, 1.807) is 0 Å². The van der Waals surface area contributed by atoms with E-state index in [1.807, 2.05) is 0 Å². The first-order valence-corrected chi connectivity index (χ1v) is 5.95.